The van der Waals surface area contributed by atoms with Gasteiger partial charge in [-0.3, -0.25) is 4.79 Å². The Morgan fingerprint density at radius 2 is 2.04 bits per heavy atom. The summed E-state index contributed by atoms with van der Waals surface area (Å²) in [5, 5.41) is 4.00. The molecule has 0 atom stereocenters. The van der Waals surface area contributed by atoms with Crippen molar-refractivity contribution in [3.05, 3.63) is 59.6 Å². The molecule has 3 heterocycles. The molecule has 144 valence electrons. The number of amides is 1. The van der Waals surface area contributed by atoms with E-state index in [0.29, 0.717) is 50.1 Å². The molecule has 28 heavy (non-hydrogen) atoms. The highest BCUT2D eigenvalue weighted by Gasteiger charge is 2.22. The molecule has 0 unspecified atom stereocenters. The van der Waals surface area contributed by atoms with Crippen molar-refractivity contribution < 1.29 is 14.1 Å². The van der Waals surface area contributed by atoms with Gasteiger partial charge >= 0.3 is 0 Å². The summed E-state index contributed by atoms with van der Waals surface area (Å²) in [4.78, 5) is 23.4. The van der Waals surface area contributed by atoms with Crippen LogP contribution in [0, 0.1) is 0 Å². The molecular formula is C21H22N4O3. The van der Waals surface area contributed by atoms with Gasteiger partial charge in [-0.05, 0) is 12.5 Å². The van der Waals surface area contributed by atoms with Crippen molar-refractivity contribution in [2.75, 3.05) is 13.2 Å². The highest BCUT2D eigenvalue weighted by Crippen LogP contribution is 2.21. The van der Waals surface area contributed by atoms with Gasteiger partial charge in [0.1, 0.15) is 0 Å². The molecule has 1 aliphatic heterocycles. The number of hydrogen-bond acceptors (Lipinski definition) is 6. The van der Waals surface area contributed by atoms with E-state index in [4.69, 9.17) is 9.26 Å². The lowest BCUT2D eigenvalue weighted by molar-refractivity contribution is -0.132. The summed E-state index contributed by atoms with van der Waals surface area (Å²) < 4.78 is 10.7. The predicted octanol–water partition coefficient (Wildman–Crippen LogP) is 3.05. The number of ether oxygens (including phenoxy) is 1. The molecule has 0 saturated heterocycles. The summed E-state index contributed by atoms with van der Waals surface area (Å²) in [5.74, 6) is 1.75. The summed E-state index contributed by atoms with van der Waals surface area (Å²) in [5.41, 5.74) is 2.99. The maximum atomic E-state index is 12.6. The first-order chi connectivity index (χ1) is 13.7. The molecule has 0 fully saturated rings. The Morgan fingerprint density at radius 1 is 1.18 bits per heavy atom. The number of aromatic nitrogens is 3. The van der Waals surface area contributed by atoms with E-state index in [1.165, 1.54) is 0 Å². The van der Waals surface area contributed by atoms with Gasteiger partial charge in [0.25, 0.3) is 0 Å². The average molecular weight is 378 g/mol. The molecule has 0 spiro atoms. The second-order valence-electron chi connectivity index (χ2n) is 6.63. The second kappa shape index (κ2) is 8.21. The molecular weight excluding hydrogens is 356 g/mol. The minimum absolute atomic E-state index is 0.0824. The maximum absolute atomic E-state index is 12.6. The summed E-state index contributed by atoms with van der Waals surface area (Å²) in [6.07, 6.45) is 1.51. The summed E-state index contributed by atoms with van der Waals surface area (Å²) in [6.45, 7) is 3.77. The van der Waals surface area contributed by atoms with Gasteiger partial charge in [-0.15, -0.1) is 0 Å². The predicted molar refractivity (Wildman–Crippen MR) is 103 cm³/mol. The van der Waals surface area contributed by atoms with Crippen LogP contribution in [-0.4, -0.2) is 39.1 Å². The topological polar surface area (TPSA) is 81.4 Å². The van der Waals surface area contributed by atoms with Crippen molar-refractivity contribution in [2.45, 2.75) is 32.7 Å². The van der Waals surface area contributed by atoms with Crippen LogP contribution in [0.15, 0.2) is 47.0 Å². The Bertz CT molecular complexity index is 955. The van der Waals surface area contributed by atoms with Crippen LogP contribution >= 0.6 is 0 Å². The van der Waals surface area contributed by atoms with E-state index >= 15 is 0 Å². The number of nitrogens with zero attached hydrogens (tertiary/aromatic N) is 4. The molecule has 4 rings (SSSR count). The fourth-order valence-electron chi connectivity index (χ4n) is 3.27. The SMILES string of the molecule is CCOc1ccc2c(n1)CCN(C(=O)CCc1nc(-c3ccccc3)no1)C2. The fraction of sp³-hybridized carbons (Fsp3) is 0.333. The Morgan fingerprint density at radius 3 is 2.86 bits per heavy atom. The van der Waals surface area contributed by atoms with Gasteiger partial charge in [0.05, 0.1) is 12.3 Å². The Balaban J connectivity index is 1.34. The first-order valence-corrected chi connectivity index (χ1v) is 9.50. The normalized spacial score (nSPS) is 13.2. The van der Waals surface area contributed by atoms with Crippen LogP contribution in [0.1, 0.15) is 30.5 Å². The van der Waals surface area contributed by atoms with Crippen LogP contribution < -0.4 is 4.74 Å². The van der Waals surface area contributed by atoms with E-state index < -0.39 is 0 Å². The van der Waals surface area contributed by atoms with Crippen molar-refractivity contribution in [3.63, 3.8) is 0 Å². The monoisotopic (exact) mass is 378 g/mol. The zero-order chi connectivity index (χ0) is 19.3. The molecule has 0 radical (unpaired) electrons. The van der Waals surface area contributed by atoms with Crippen molar-refractivity contribution in [3.8, 4) is 17.3 Å². The smallest absolute Gasteiger partial charge is 0.227 e. The van der Waals surface area contributed by atoms with Crippen molar-refractivity contribution >= 4 is 5.91 Å². The van der Waals surface area contributed by atoms with Gasteiger partial charge in [0, 0.05) is 44.0 Å². The van der Waals surface area contributed by atoms with E-state index in [9.17, 15) is 4.79 Å². The van der Waals surface area contributed by atoms with Gasteiger partial charge < -0.3 is 14.2 Å². The van der Waals surface area contributed by atoms with Crippen LogP contribution in [0.5, 0.6) is 5.88 Å². The fourth-order valence-corrected chi connectivity index (χ4v) is 3.27. The average Bonchev–Trinajstić information content (AvgIpc) is 3.21. The van der Waals surface area contributed by atoms with E-state index in [0.717, 1.165) is 23.2 Å². The molecule has 0 bridgehead atoms. The molecule has 1 aliphatic rings. The number of carbonyl (C=O) groups excluding carboxylic acids is 1. The molecule has 0 N–H and O–H groups in total. The number of rotatable bonds is 6. The third kappa shape index (κ3) is 4.03. The minimum atomic E-state index is 0.0824. The van der Waals surface area contributed by atoms with Crippen LogP contribution in [0.2, 0.25) is 0 Å². The van der Waals surface area contributed by atoms with Gasteiger partial charge in [-0.2, -0.15) is 4.98 Å². The number of fused-ring (bicyclic) bond motifs is 1. The third-order valence-corrected chi connectivity index (χ3v) is 4.72. The van der Waals surface area contributed by atoms with Crippen molar-refractivity contribution in [1.29, 1.82) is 0 Å². The van der Waals surface area contributed by atoms with Crippen LogP contribution in [-0.2, 0) is 24.2 Å². The van der Waals surface area contributed by atoms with Crippen LogP contribution in [0.4, 0.5) is 0 Å². The number of hydrogen-bond donors (Lipinski definition) is 0. The largest absolute Gasteiger partial charge is 0.478 e. The Kier molecular flexibility index (Phi) is 5.32. The van der Waals surface area contributed by atoms with E-state index in [-0.39, 0.29) is 5.91 Å². The van der Waals surface area contributed by atoms with E-state index in [1.54, 1.807) is 0 Å². The molecule has 2 aromatic heterocycles. The minimum Gasteiger partial charge on any atom is -0.478 e. The van der Waals surface area contributed by atoms with Crippen LogP contribution in [0.3, 0.4) is 0 Å². The number of benzene rings is 1. The van der Waals surface area contributed by atoms with Crippen LogP contribution in [0.25, 0.3) is 11.4 Å². The lowest BCUT2D eigenvalue weighted by atomic mass is 10.1. The standard InChI is InChI=1S/C21H22N4O3/c1-2-27-18-9-8-16-14-25(13-12-17(16)22-18)20(26)11-10-19-23-21(24-28-19)15-6-4-3-5-7-15/h3-9H,2,10-14H2,1H3. The molecule has 7 nitrogen and oxygen atoms in total. The first-order valence-electron chi connectivity index (χ1n) is 9.50. The second-order valence-corrected chi connectivity index (χ2v) is 6.63. The quantitative estimate of drug-likeness (QED) is 0.656. The van der Waals surface area contributed by atoms with Gasteiger partial charge in [-0.1, -0.05) is 41.6 Å². The summed E-state index contributed by atoms with van der Waals surface area (Å²) in [6, 6.07) is 13.5. The molecule has 7 heteroatoms. The number of carbonyl (C=O) groups is 1. The van der Waals surface area contributed by atoms with Gasteiger partial charge in [0.2, 0.25) is 23.5 Å². The third-order valence-electron chi connectivity index (χ3n) is 4.72. The first kappa shape index (κ1) is 18.2. The highest BCUT2D eigenvalue weighted by atomic mass is 16.5. The Hall–Kier alpha value is -3.22. The Labute approximate surface area is 163 Å². The lowest BCUT2D eigenvalue weighted by Crippen LogP contribution is -2.36. The van der Waals surface area contributed by atoms with E-state index in [2.05, 4.69) is 15.1 Å². The zero-order valence-electron chi connectivity index (χ0n) is 15.8. The lowest BCUT2D eigenvalue weighted by Gasteiger charge is -2.28. The van der Waals surface area contributed by atoms with Crippen molar-refractivity contribution in [2.24, 2.45) is 0 Å². The van der Waals surface area contributed by atoms with Crippen molar-refractivity contribution in [1.82, 2.24) is 20.0 Å². The van der Waals surface area contributed by atoms with Gasteiger partial charge in [0.15, 0.2) is 0 Å². The zero-order valence-corrected chi connectivity index (χ0v) is 15.8. The molecule has 1 aromatic carbocycles. The van der Waals surface area contributed by atoms with E-state index in [1.807, 2.05) is 54.3 Å². The number of pyridine rings is 1. The highest BCUT2D eigenvalue weighted by molar-refractivity contribution is 5.76. The van der Waals surface area contributed by atoms with Gasteiger partial charge in [-0.25, -0.2) is 4.98 Å². The summed E-state index contributed by atoms with van der Waals surface area (Å²) >= 11 is 0. The number of aryl methyl sites for hydroxylation is 1. The maximum Gasteiger partial charge on any atom is 0.227 e. The molecule has 0 aliphatic carbocycles. The molecule has 0 saturated carbocycles. The molecule has 3 aromatic rings. The summed E-state index contributed by atoms with van der Waals surface area (Å²) in [7, 11) is 0. The molecule has 1 amide bonds.